The summed E-state index contributed by atoms with van der Waals surface area (Å²) in [6.07, 6.45) is 1.88. The maximum atomic E-state index is 5.51. The van der Waals surface area contributed by atoms with Gasteiger partial charge in [-0.2, -0.15) is 0 Å². The zero-order valence-electron chi connectivity index (χ0n) is 7.38. The average molecular weight is 240 g/mol. The first-order valence-electron chi connectivity index (χ1n) is 4.26. The van der Waals surface area contributed by atoms with Crippen molar-refractivity contribution in [2.24, 2.45) is 4.99 Å². The zero-order valence-corrected chi connectivity index (χ0v) is 8.97. The minimum absolute atomic E-state index is 0.691. The van der Waals surface area contributed by atoms with E-state index >= 15 is 0 Å². The van der Waals surface area contributed by atoms with Crippen LogP contribution in [0.1, 0.15) is 18.1 Å². The van der Waals surface area contributed by atoms with E-state index < -0.39 is 0 Å². The maximum absolute atomic E-state index is 5.51. The van der Waals surface area contributed by atoms with E-state index in [0.29, 0.717) is 6.61 Å². The Hall–Kier alpha value is -0.830. The first-order chi connectivity index (χ1) is 6.31. The molecule has 0 N–H and O–H groups in total. The summed E-state index contributed by atoms with van der Waals surface area (Å²) < 4.78 is 6.56. The van der Waals surface area contributed by atoms with Gasteiger partial charge in [0, 0.05) is 16.3 Å². The third-order valence-electron chi connectivity index (χ3n) is 1.97. The summed E-state index contributed by atoms with van der Waals surface area (Å²) in [6.45, 7) is 3.45. The predicted octanol–water partition coefficient (Wildman–Crippen LogP) is 2.78. The smallest absolute Gasteiger partial charge is 0.129 e. The van der Waals surface area contributed by atoms with Gasteiger partial charge in [-0.05, 0) is 24.6 Å². The monoisotopic (exact) mass is 239 g/mol. The molecular formula is C10H10BrNO. The normalized spacial score (nSPS) is 13.1. The van der Waals surface area contributed by atoms with Gasteiger partial charge in [-0.25, -0.2) is 0 Å². The quantitative estimate of drug-likeness (QED) is 0.778. The van der Waals surface area contributed by atoms with Gasteiger partial charge in [-0.3, -0.25) is 4.99 Å². The molecule has 1 aliphatic rings. The van der Waals surface area contributed by atoms with Crippen LogP contribution >= 0.6 is 15.9 Å². The van der Waals surface area contributed by atoms with Crippen molar-refractivity contribution in [3.63, 3.8) is 0 Å². The average Bonchev–Trinajstić information content (AvgIpc) is 2.52. The Kier molecular flexibility index (Phi) is 2.36. The Bertz CT molecular complexity index is 360. The highest BCUT2D eigenvalue weighted by atomic mass is 79.9. The summed E-state index contributed by atoms with van der Waals surface area (Å²) in [5.74, 6) is 0.924. The molecule has 1 aromatic carbocycles. The van der Waals surface area contributed by atoms with Gasteiger partial charge in [-0.1, -0.05) is 15.9 Å². The van der Waals surface area contributed by atoms with Crippen LogP contribution in [-0.2, 0) is 6.54 Å². The van der Waals surface area contributed by atoms with Crippen molar-refractivity contribution in [1.82, 2.24) is 0 Å². The third kappa shape index (κ3) is 1.61. The molecule has 0 saturated carbocycles. The van der Waals surface area contributed by atoms with E-state index in [0.717, 1.165) is 22.3 Å². The zero-order chi connectivity index (χ0) is 9.26. The van der Waals surface area contributed by atoms with Gasteiger partial charge in [0.05, 0.1) is 13.2 Å². The van der Waals surface area contributed by atoms with E-state index in [1.807, 2.05) is 19.2 Å². The highest BCUT2D eigenvalue weighted by Gasteiger charge is 2.12. The molecule has 1 aromatic rings. The van der Waals surface area contributed by atoms with Gasteiger partial charge in [0.25, 0.3) is 0 Å². The fraction of sp³-hybridized carbons (Fsp3) is 0.300. The molecule has 3 heteroatoms. The van der Waals surface area contributed by atoms with Crippen LogP contribution in [0, 0.1) is 0 Å². The molecule has 0 atom stereocenters. The number of hydrogen-bond acceptors (Lipinski definition) is 2. The van der Waals surface area contributed by atoms with Crippen LogP contribution in [0.15, 0.2) is 21.6 Å². The molecule has 68 valence electrons. The molecule has 0 aromatic heterocycles. The summed E-state index contributed by atoms with van der Waals surface area (Å²) in [6, 6.07) is 4.07. The van der Waals surface area contributed by atoms with E-state index in [9.17, 15) is 0 Å². The molecule has 0 unspecified atom stereocenters. The van der Waals surface area contributed by atoms with E-state index in [4.69, 9.17) is 4.74 Å². The first kappa shape index (κ1) is 8.75. The Morgan fingerprint density at radius 2 is 2.38 bits per heavy atom. The highest BCUT2D eigenvalue weighted by Crippen LogP contribution is 2.29. The second kappa shape index (κ2) is 3.50. The lowest BCUT2D eigenvalue weighted by atomic mass is 10.1. The number of fused-ring (bicyclic) bond motifs is 1. The van der Waals surface area contributed by atoms with Crippen molar-refractivity contribution in [3.8, 4) is 5.75 Å². The lowest BCUT2D eigenvalue weighted by molar-refractivity contribution is 0.339. The molecule has 2 nitrogen and oxygen atoms in total. The summed E-state index contributed by atoms with van der Waals surface area (Å²) >= 11 is 3.45. The predicted molar refractivity (Wildman–Crippen MR) is 56.6 cm³/mol. The molecule has 0 aliphatic carbocycles. The van der Waals surface area contributed by atoms with Gasteiger partial charge in [0.15, 0.2) is 0 Å². The molecule has 0 spiro atoms. The van der Waals surface area contributed by atoms with Gasteiger partial charge < -0.3 is 4.74 Å². The first-order valence-corrected chi connectivity index (χ1v) is 5.05. The molecular weight excluding hydrogens is 230 g/mol. The molecule has 1 aliphatic heterocycles. The highest BCUT2D eigenvalue weighted by molar-refractivity contribution is 9.10. The largest absolute Gasteiger partial charge is 0.493 e. The van der Waals surface area contributed by atoms with E-state index in [1.54, 1.807) is 0 Å². The molecule has 0 saturated heterocycles. The number of rotatable bonds is 2. The van der Waals surface area contributed by atoms with Crippen molar-refractivity contribution < 1.29 is 4.74 Å². The standard InChI is InChI=1S/C10H10BrNO/c1-2-13-10-4-8(11)3-7-5-12-6-9(7)10/h3-4,6H,2,5H2,1H3. The SMILES string of the molecule is CCOc1cc(Br)cc2c1C=NC2. The molecule has 0 fully saturated rings. The van der Waals surface area contributed by atoms with Crippen LogP contribution in [0.3, 0.4) is 0 Å². The lowest BCUT2D eigenvalue weighted by Gasteiger charge is -2.08. The topological polar surface area (TPSA) is 21.6 Å². The Balaban J connectivity index is 2.47. The Morgan fingerprint density at radius 1 is 1.54 bits per heavy atom. The molecule has 0 amide bonds. The fourth-order valence-electron chi connectivity index (χ4n) is 1.43. The number of nitrogens with zero attached hydrogens (tertiary/aromatic N) is 1. The summed E-state index contributed by atoms with van der Waals surface area (Å²) in [4.78, 5) is 4.21. The molecule has 13 heavy (non-hydrogen) atoms. The van der Waals surface area contributed by atoms with Crippen molar-refractivity contribution in [2.45, 2.75) is 13.5 Å². The second-order valence-electron chi connectivity index (χ2n) is 2.88. The Morgan fingerprint density at radius 3 is 3.15 bits per heavy atom. The lowest BCUT2D eigenvalue weighted by Crippen LogP contribution is -1.96. The van der Waals surface area contributed by atoms with Crippen molar-refractivity contribution in [3.05, 3.63) is 27.7 Å². The number of hydrogen-bond donors (Lipinski definition) is 0. The van der Waals surface area contributed by atoms with Crippen LogP contribution in [0.2, 0.25) is 0 Å². The van der Waals surface area contributed by atoms with Crippen molar-refractivity contribution in [2.75, 3.05) is 6.61 Å². The van der Waals surface area contributed by atoms with Gasteiger partial charge in [-0.15, -0.1) is 0 Å². The second-order valence-corrected chi connectivity index (χ2v) is 3.80. The number of ether oxygens (including phenoxy) is 1. The molecule has 0 bridgehead atoms. The van der Waals surface area contributed by atoms with E-state index in [1.165, 1.54) is 5.56 Å². The third-order valence-corrected chi connectivity index (χ3v) is 2.43. The van der Waals surface area contributed by atoms with E-state index in [-0.39, 0.29) is 0 Å². The van der Waals surface area contributed by atoms with Gasteiger partial charge in [0.2, 0.25) is 0 Å². The van der Waals surface area contributed by atoms with Gasteiger partial charge in [0.1, 0.15) is 5.75 Å². The number of aliphatic imine (C=N–C) groups is 1. The summed E-state index contributed by atoms with van der Waals surface area (Å²) in [7, 11) is 0. The number of benzene rings is 1. The Labute approximate surface area is 85.8 Å². The van der Waals surface area contributed by atoms with E-state index in [2.05, 4.69) is 27.0 Å². The maximum Gasteiger partial charge on any atom is 0.129 e. The van der Waals surface area contributed by atoms with Crippen LogP contribution < -0.4 is 4.74 Å². The van der Waals surface area contributed by atoms with Gasteiger partial charge >= 0.3 is 0 Å². The summed E-state index contributed by atoms with van der Waals surface area (Å²) in [5.41, 5.74) is 2.36. The minimum Gasteiger partial charge on any atom is -0.493 e. The molecule has 2 rings (SSSR count). The minimum atomic E-state index is 0.691. The summed E-state index contributed by atoms with van der Waals surface area (Å²) in [5, 5.41) is 0. The molecule has 0 radical (unpaired) electrons. The number of halogens is 1. The fourth-order valence-corrected chi connectivity index (χ4v) is 1.92. The molecule has 1 heterocycles. The van der Waals surface area contributed by atoms with Crippen LogP contribution in [0.4, 0.5) is 0 Å². The van der Waals surface area contributed by atoms with Crippen molar-refractivity contribution in [1.29, 1.82) is 0 Å². The van der Waals surface area contributed by atoms with Crippen LogP contribution in [0.25, 0.3) is 0 Å². The van der Waals surface area contributed by atoms with Crippen LogP contribution in [-0.4, -0.2) is 12.8 Å². The van der Waals surface area contributed by atoms with Crippen LogP contribution in [0.5, 0.6) is 5.75 Å². The van der Waals surface area contributed by atoms with Crippen molar-refractivity contribution >= 4 is 22.1 Å².